The van der Waals surface area contributed by atoms with Gasteiger partial charge in [0.05, 0.1) is 11.4 Å². The molecule has 1 heterocycles. The average Bonchev–Trinajstić information content (AvgIpc) is 2.98. The number of benzene rings is 2. The van der Waals surface area contributed by atoms with E-state index in [1.807, 2.05) is 60.9 Å². The molecule has 0 amide bonds. The van der Waals surface area contributed by atoms with E-state index in [9.17, 15) is 4.79 Å². The van der Waals surface area contributed by atoms with Gasteiger partial charge < -0.3 is 0 Å². The molecule has 2 aromatic carbocycles. The lowest BCUT2D eigenvalue weighted by atomic mass is 10.1. The van der Waals surface area contributed by atoms with Gasteiger partial charge in [-0.05, 0) is 30.0 Å². The minimum Gasteiger partial charge on any atom is -0.296 e. The summed E-state index contributed by atoms with van der Waals surface area (Å²) in [7, 11) is 0. The third-order valence-electron chi connectivity index (χ3n) is 3.42. The highest BCUT2D eigenvalue weighted by Gasteiger charge is 2.14. The fourth-order valence-corrected chi connectivity index (χ4v) is 2.76. The van der Waals surface area contributed by atoms with Crippen LogP contribution in [0.15, 0.2) is 59.5 Å². The molecule has 110 valence electrons. The van der Waals surface area contributed by atoms with E-state index in [0.29, 0.717) is 12.1 Å². The molecule has 0 N–H and O–H groups in total. The van der Waals surface area contributed by atoms with Crippen LogP contribution in [0.25, 0.3) is 5.69 Å². The molecule has 0 aliphatic heterocycles. The van der Waals surface area contributed by atoms with Crippen molar-refractivity contribution in [2.75, 3.05) is 6.26 Å². The molecule has 5 heteroatoms. The summed E-state index contributed by atoms with van der Waals surface area (Å²) < 4.78 is 1.75. The van der Waals surface area contributed by atoms with E-state index >= 15 is 0 Å². The number of hydrogen-bond donors (Lipinski definition) is 0. The van der Waals surface area contributed by atoms with E-state index in [4.69, 9.17) is 0 Å². The van der Waals surface area contributed by atoms with Crippen molar-refractivity contribution in [3.05, 3.63) is 71.5 Å². The summed E-state index contributed by atoms with van der Waals surface area (Å²) in [6, 6.07) is 18.0. The molecule has 0 fully saturated rings. The van der Waals surface area contributed by atoms with E-state index in [0.717, 1.165) is 28.1 Å². The van der Waals surface area contributed by atoms with Gasteiger partial charge in [0.15, 0.2) is 6.29 Å². The van der Waals surface area contributed by atoms with Crippen molar-refractivity contribution in [1.82, 2.24) is 15.0 Å². The zero-order valence-electron chi connectivity index (χ0n) is 12.1. The van der Waals surface area contributed by atoms with Gasteiger partial charge in [0, 0.05) is 11.3 Å². The van der Waals surface area contributed by atoms with Crippen LogP contribution < -0.4 is 0 Å². The number of aldehydes is 1. The van der Waals surface area contributed by atoms with E-state index in [1.165, 1.54) is 0 Å². The van der Waals surface area contributed by atoms with Gasteiger partial charge >= 0.3 is 0 Å². The highest BCUT2D eigenvalue weighted by atomic mass is 32.2. The maximum Gasteiger partial charge on any atom is 0.172 e. The monoisotopic (exact) mass is 309 g/mol. The Morgan fingerprint density at radius 1 is 1.14 bits per heavy atom. The highest BCUT2D eigenvalue weighted by Crippen LogP contribution is 2.21. The van der Waals surface area contributed by atoms with Crippen LogP contribution in [-0.2, 0) is 6.42 Å². The smallest absolute Gasteiger partial charge is 0.172 e. The molecule has 0 aliphatic carbocycles. The lowest BCUT2D eigenvalue weighted by molar-refractivity contribution is 0.111. The molecule has 0 saturated carbocycles. The van der Waals surface area contributed by atoms with Crippen LogP contribution in [0.5, 0.6) is 0 Å². The molecular formula is C17H15N3OS. The molecule has 3 rings (SSSR count). The molecule has 0 saturated heterocycles. The summed E-state index contributed by atoms with van der Waals surface area (Å²) >= 11 is 1.67. The minimum atomic E-state index is 0.387. The van der Waals surface area contributed by atoms with Crippen LogP contribution in [0.2, 0.25) is 0 Å². The molecule has 0 spiro atoms. The Labute approximate surface area is 133 Å². The largest absolute Gasteiger partial charge is 0.296 e. The van der Waals surface area contributed by atoms with Gasteiger partial charge in [-0.1, -0.05) is 41.6 Å². The topological polar surface area (TPSA) is 47.8 Å². The summed E-state index contributed by atoms with van der Waals surface area (Å²) in [5, 5.41) is 8.16. The molecule has 3 aromatic rings. The zero-order chi connectivity index (χ0) is 15.4. The predicted molar refractivity (Wildman–Crippen MR) is 87.8 cm³/mol. The van der Waals surface area contributed by atoms with Gasteiger partial charge in [0.25, 0.3) is 0 Å². The predicted octanol–water partition coefficient (Wildman–Crippen LogP) is 3.39. The number of aromatic nitrogens is 3. The second kappa shape index (κ2) is 6.58. The Bertz CT molecular complexity index is 784. The van der Waals surface area contributed by atoms with Crippen LogP contribution in [0.1, 0.15) is 21.7 Å². The van der Waals surface area contributed by atoms with E-state index in [2.05, 4.69) is 10.3 Å². The van der Waals surface area contributed by atoms with Gasteiger partial charge in [-0.3, -0.25) is 4.79 Å². The van der Waals surface area contributed by atoms with Crippen molar-refractivity contribution in [3.63, 3.8) is 0 Å². The maximum absolute atomic E-state index is 11.3. The normalized spacial score (nSPS) is 10.6. The van der Waals surface area contributed by atoms with Crippen molar-refractivity contribution < 1.29 is 4.79 Å². The van der Waals surface area contributed by atoms with Crippen molar-refractivity contribution >= 4 is 18.0 Å². The number of carbonyl (C=O) groups excluding carboxylic acids is 1. The van der Waals surface area contributed by atoms with Gasteiger partial charge in [0.1, 0.15) is 5.69 Å². The van der Waals surface area contributed by atoms with Gasteiger partial charge in [-0.25, -0.2) is 4.68 Å². The van der Waals surface area contributed by atoms with Crippen molar-refractivity contribution in [2.24, 2.45) is 0 Å². The standard InChI is InChI=1S/C17H15N3OS/c1-22-15-9-5-8-14(11-15)20-17(16(12-21)18-19-20)10-13-6-3-2-4-7-13/h2-9,11-12H,10H2,1H3. The lowest BCUT2D eigenvalue weighted by Gasteiger charge is -2.08. The Morgan fingerprint density at radius 2 is 1.95 bits per heavy atom. The van der Waals surface area contributed by atoms with E-state index in [1.54, 1.807) is 16.4 Å². The molecule has 1 aromatic heterocycles. The Hall–Kier alpha value is -2.40. The fourth-order valence-electron chi connectivity index (χ4n) is 2.31. The Morgan fingerprint density at radius 3 is 2.68 bits per heavy atom. The number of hydrogen-bond acceptors (Lipinski definition) is 4. The first-order valence-electron chi connectivity index (χ1n) is 6.90. The van der Waals surface area contributed by atoms with Crippen molar-refractivity contribution in [3.8, 4) is 5.69 Å². The fraction of sp³-hybridized carbons (Fsp3) is 0.118. The van der Waals surface area contributed by atoms with Crippen LogP contribution in [0.3, 0.4) is 0 Å². The molecular weight excluding hydrogens is 294 g/mol. The molecule has 0 aliphatic rings. The second-order valence-corrected chi connectivity index (χ2v) is 5.69. The molecule has 0 bridgehead atoms. The van der Waals surface area contributed by atoms with E-state index < -0.39 is 0 Å². The highest BCUT2D eigenvalue weighted by molar-refractivity contribution is 7.98. The molecule has 0 atom stereocenters. The molecule has 0 unspecified atom stereocenters. The Kier molecular flexibility index (Phi) is 4.34. The number of nitrogens with zero attached hydrogens (tertiary/aromatic N) is 3. The SMILES string of the molecule is CSc1cccc(-n2nnc(C=O)c2Cc2ccccc2)c1. The number of thioether (sulfide) groups is 1. The van der Waals surface area contributed by atoms with Crippen LogP contribution in [-0.4, -0.2) is 27.5 Å². The lowest BCUT2D eigenvalue weighted by Crippen LogP contribution is -2.04. The van der Waals surface area contributed by atoms with E-state index in [-0.39, 0.29) is 0 Å². The average molecular weight is 309 g/mol. The maximum atomic E-state index is 11.3. The van der Waals surface area contributed by atoms with Crippen LogP contribution >= 0.6 is 11.8 Å². The summed E-state index contributed by atoms with van der Waals surface area (Å²) in [6.07, 6.45) is 3.41. The molecule has 0 radical (unpaired) electrons. The summed E-state index contributed by atoms with van der Waals surface area (Å²) in [4.78, 5) is 12.4. The van der Waals surface area contributed by atoms with Gasteiger partial charge in [-0.15, -0.1) is 16.9 Å². The summed E-state index contributed by atoms with van der Waals surface area (Å²) in [6.45, 7) is 0. The number of carbonyl (C=O) groups is 1. The number of rotatable bonds is 5. The first-order chi connectivity index (χ1) is 10.8. The zero-order valence-corrected chi connectivity index (χ0v) is 13.0. The summed E-state index contributed by atoms with van der Waals surface area (Å²) in [5.74, 6) is 0. The van der Waals surface area contributed by atoms with Gasteiger partial charge in [-0.2, -0.15) is 0 Å². The minimum absolute atomic E-state index is 0.387. The first-order valence-corrected chi connectivity index (χ1v) is 8.12. The van der Waals surface area contributed by atoms with Crippen LogP contribution in [0, 0.1) is 0 Å². The third kappa shape index (κ3) is 2.94. The first kappa shape index (κ1) is 14.5. The third-order valence-corrected chi connectivity index (χ3v) is 4.14. The molecule has 4 nitrogen and oxygen atoms in total. The Balaban J connectivity index is 2.05. The molecule has 22 heavy (non-hydrogen) atoms. The van der Waals surface area contributed by atoms with Crippen molar-refractivity contribution in [2.45, 2.75) is 11.3 Å². The van der Waals surface area contributed by atoms with Crippen molar-refractivity contribution in [1.29, 1.82) is 0 Å². The quantitative estimate of drug-likeness (QED) is 0.535. The van der Waals surface area contributed by atoms with Crippen LogP contribution in [0.4, 0.5) is 0 Å². The van der Waals surface area contributed by atoms with Gasteiger partial charge in [0.2, 0.25) is 0 Å². The second-order valence-electron chi connectivity index (χ2n) is 4.81. The summed E-state index contributed by atoms with van der Waals surface area (Å²) in [5.41, 5.74) is 3.23.